The van der Waals surface area contributed by atoms with Crippen LogP contribution in [0.15, 0.2) is 24.5 Å². The van der Waals surface area contributed by atoms with Crippen LogP contribution in [-0.4, -0.2) is 52.3 Å². The zero-order valence-electron chi connectivity index (χ0n) is 13.6. The lowest BCUT2D eigenvalue weighted by atomic mass is 10.3. The van der Waals surface area contributed by atoms with Crippen LogP contribution in [0.25, 0.3) is 0 Å². The fraction of sp³-hybridized carbons (Fsp3) is 0.471. The van der Waals surface area contributed by atoms with Crippen molar-refractivity contribution in [2.75, 3.05) is 26.3 Å². The first kappa shape index (κ1) is 15.1. The molecule has 0 N–H and O–H groups in total. The van der Waals surface area contributed by atoms with Gasteiger partial charge in [-0.05, 0) is 25.5 Å². The number of hydrogen-bond acceptors (Lipinski definition) is 7. The highest BCUT2D eigenvalue weighted by Gasteiger charge is 2.25. The zero-order chi connectivity index (χ0) is 16.4. The van der Waals surface area contributed by atoms with Gasteiger partial charge in [-0.2, -0.15) is 0 Å². The quantitative estimate of drug-likeness (QED) is 0.844. The first-order valence-electron chi connectivity index (χ1n) is 8.19. The maximum atomic E-state index is 5.96. The minimum Gasteiger partial charge on any atom is -0.486 e. The van der Waals surface area contributed by atoms with Gasteiger partial charge in [-0.3, -0.25) is 4.90 Å². The van der Waals surface area contributed by atoms with Gasteiger partial charge in [0.25, 0.3) is 5.88 Å². The summed E-state index contributed by atoms with van der Waals surface area (Å²) in [4.78, 5) is 15.2. The minimum absolute atomic E-state index is 0.161. The topological polar surface area (TPSA) is 69.6 Å². The van der Waals surface area contributed by atoms with E-state index in [0.717, 1.165) is 49.1 Å². The molecule has 2 aliphatic heterocycles. The molecule has 24 heavy (non-hydrogen) atoms. The highest BCUT2D eigenvalue weighted by atomic mass is 16.6. The van der Waals surface area contributed by atoms with Crippen molar-refractivity contribution in [2.45, 2.75) is 26.0 Å². The summed E-state index contributed by atoms with van der Waals surface area (Å²) in [6.07, 6.45) is 4.60. The number of nitrogens with zero attached hydrogens (tertiary/aromatic N) is 4. The van der Waals surface area contributed by atoms with Gasteiger partial charge in [-0.1, -0.05) is 0 Å². The van der Waals surface area contributed by atoms with E-state index in [1.54, 1.807) is 12.4 Å². The first-order chi connectivity index (χ1) is 11.8. The highest BCUT2D eigenvalue weighted by molar-refractivity contribution is 5.35. The van der Waals surface area contributed by atoms with Crippen molar-refractivity contribution in [1.29, 1.82) is 0 Å². The minimum atomic E-state index is 0.161. The standard InChI is InChI=1S/C17H20N4O3/c1-12-18-8-15(9-19-12)24-14-4-5-21(11-14)10-13-2-3-16-17(20-13)23-7-6-22-16/h2-3,8-9,14H,4-7,10-11H2,1H3. The molecule has 0 spiro atoms. The van der Waals surface area contributed by atoms with Gasteiger partial charge in [0.1, 0.15) is 25.1 Å². The Morgan fingerprint density at radius 2 is 2.04 bits per heavy atom. The molecule has 126 valence electrons. The molecule has 7 nitrogen and oxygen atoms in total. The second-order valence-electron chi connectivity index (χ2n) is 6.03. The van der Waals surface area contributed by atoms with Crippen molar-refractivity contribution in [3.63, 3.8) is 0 Å². The van der Waals surface area contributed by atoms with Gasteiger partial charge in [-0.25, -0.2) is 15.0 Å². The van der Waals surface area contributed by atoms with Crippen LogP contribution >= 0.6 is 0 Å². The van der Waals surface area contributed by atoms with Gasteiger partial charge in [0.15, 0.2) is 11.5 Å². The molecule has 1 saturated heterocycles. The Balaban J connectivity index is 1.34. The van der Waals surface area contributed by atoms with Gasteiger partial charge < -0.3 is 14.2 Å². The smallest absolute Gasteiger partial charge is 0.257 e. The molecule has 0 aromatic carbocycles. The van der Waals surface area contributed by atoms with E-state index in [-0.39, 0.29) is 6.10 Å². The van der Waals surface area contributed by atoms with Crippen molar-refractivity contribution in [3.05, 3.63) is 36.0 Å². The zero-order valence-corrected chi connectivity index (χ0v) is 13.6. The monoisotopic (exact) mass is 328 g/mol. The third kappa shape index (κ3) is 3.41. The number of fused-ring (bicyclic) bond motifs is 1. The molecule has 4 rings (SSSR count). The fourth-order valence-corrected chi connectivity index (χ4v) is 2.96. The molecule has 2 aliphatic rings. The second kappa shape index (κ2) is 6.60. The summed E-state index contributed by atoms with van der Waals surface area (Å²) in [6, 6.07) is 3.93. The van der Waals surface area contributed by atoms with Crippen molar-refractivity contribution in [1.82, 2.24) is 19.9 Å². The van der Waals surface area contributed by atoms with Gasteiger partial charge in [-0.15, -0.1) is 0 Å². The van der Waals surface area contributed by atoms with E-state index in [4.69, 9.17) is 14.2 Å². The summed E-state index contributed by atoms with van der Waals surface area (Å²) >= 11 is 0. The summed E-state index contributed by atoms with van der Waals surface area (Å²) < 4.78 is 17.0. The molecule has 4 heterocycles. The van der Waals surface area contributed by atoms with Crippen molar-refractivity contribution >= 4 is 0 Å². The SMILES string of the molecule is Cc1ncc(OC2CCN(Cc3ccc4c(n3)OCCO4)C2)cn1. The van der Waals surface area contributed by atoms with Crippen molar-refractivity contribution in [2.24, 2.45) is 0 Å². The van der Waals surface area contributed by atoms with Gasteiger partial charge in [0, 0.05) is 19.6 Å². The Bertz CT molecular complexity index is 707. The average molecular weight is 328 g/mol. The molecule has 0 bridgehead atoms. The van der Waals surface area contributed by atoms with E-state index >= 15 is 0 Å². The summed E-state index contributed by atoms with van der Waals surface area (Å²) in [5, 5.41) is 0. The van der Waals surface area contributed by atoms with Crippen molar-refractivity contribution in [3.8, 4) is 17.4 Å². The fourth-order valence-electron chi connectivity index (χ4n) is 2.96. The number of hydrogen-bond donors (Lipinski definition) is 0. The van der Waals surface area contributed by atoms with E-state index in [1.165, 1.54) is 0 Å². The van der Waals surface area contributed by atoms with E-state index in [0.29, 0.717) is 19.1 Å². The van der Waals surface area contributed by atoms with Crippen LogP contribution in [0.5, 0.6) is 17.4 Å². The molecule has 0 saturated carbocycles. The van der Waals surface area contributed by atoms with E-state index < -0.39 is 0 Å². The first-order valence-corrected chi connectivity index (χ1v) is 8.19. The Labute approximate surface area is 140 Å². The number of likely N-dealkylation sites (tertiary alicyclic amines) is 1. The maximum absolute atomic E-state index is 5.96. The van der Waals surface area contributed by atoms with Crippen LogP contribution in [0, 0.1) is 6.92 Å². The Morgan fingerprint density at radius 3 is 2.92 bits per heavy atom. The lowest BCUT2D eigenvalue weighted by molar-refractivity contribution is 0.163. The van der Waals surface area contributed by atoms with Gasteiger partial charge in [0.05, 0.1) is 18.1 Å². The Morgan fingerprint density at radius 1 is 1.21 bits per heavy atom. The molecule has 7 heteroatoms. The molecule has 1 unspecified atom stereocenters. The number of ether oxygens (including phenoxy) is 3. The van der Waals surface area contributed by atoms with Crippen molar-refractivity contribution < 1.29 is 14.2 Å². The molecule has 2 aromatic heterocycles. The summed E-state index contributed by atoms with van der Waals surface area (Å²) in [6.45, 7) is 5.63. The normalized spacial score (nSPS) is 20.1. The third-order valence-corrected chi connectivity index (χ3v) is 4.14. The molecule has 0 radical (unpaired) electrons. The van der Waals surface area contributed by atoms with E-state index in [1.807, 2.05) is 19.1 Å². The Kier molecular flexibility index (Phi) is 4.17. The van der Waals surface area contributed by atoms with Crippen LogP contribution in [-0.2, 0) is 6.54 Å². The van der Waals surface area contributed by atoms with Crippen LogP contribution in [0.4, 0.5) is 0 Å². The number of aromatic nitrogens is 3. The second-order valence-corrected chi connectivity index (χ2v) is 6.03. The molecule has 1 atom stereocenters. The average Bonchev–Trinajstić information content (AvgIpc) is 3.04. The van der Waals surface area contributed by atoms with E-state index in [9.17, 15) is 0 Å². The number of aryl methyl sites for hydroxylation is 1. The van der Waals surface area contributed by atoms with E-state index in [2.05, 4.69) is 19.9 Å². The van der Waals surface area contributed by atoms with Crippen LogP contribution < -0.4 is 14.2 Å². The van der Waals surface area contributed by atoms with Gasteiger partial charge in [0.2, 0.25) is 0 Å². The molecular weight excluding hydrogens is 308 g/mol. The predicted molar refractivity (Wildman–Crippen MR) is 86.3 cm³/mol. The number of pyridine rings is 1. The molecular formula is C17H20N4O3. The summed E-state index contributed by atoms with van der Waals surface area (Å²) in [5.41, 5.74) is 0.985. The number of rotatable bonds is 4. The lowest BCUT2D eigenvalue weighted by Crippen LogP contribution is -2.25. The molecule has 0 aliphatic carbocycles. The largest absolute Gasteiger partial charge is 0.486 e. The maximum Gasteiger partial charge on any atom is 0.257 e. The molecule has 1 fully saturated rings. The lowest BCUT2D eigenvalue weighted by Gasteiger charge is -2.20. The molecule has 0 amide bonds. The van der Waals surface area contributed by atoms with Crippen LogP contribution in [0.3, 0.4) is 0 Å². The summed E-state index contributed by atoms with van der Waals surface area (Å²) in [5.74, 6) is 2.81. The van der Waals surface area contributed by atoms with Crippen LogP contribution in [0.2, 0.25) is 0 Å². The predicted octanol–water partition coefficient (Wildman–Crippen LogP) is 1.60. The van der Waals surface area contributed by atoms with Gasteiger partial charge >= 0.3 is 0 Å². The highest BCUT2D eigenvalue weighted by Crippen LogP contribution is 2.28. The summed E-state index contributed by atoms with van der Waals surface area (Å²) in [7, 11) is 0. The van der Waals surface area contributed by atoms with Crippen LogP contribution in [0.1, 0.15) is 17.9 Å². The Hall–Kier alpha value is -2.41. The third-order valence-electron chi connectivity index (χ3n) is 4.14. The molecule has 2 aromatic rings.